The number of halogens is 1. The van der Waals surface area contributed by atoms with Gasteiger partial charge in [-0.15, -0.1) is 0 Å². The van der Waals surface area contributed by atoms with E-state index in [-0.39, 0.29) is 11.4 Å². The van der Waals surface area contributed by atoms with Crippen LogP contribution in [0.3, 0.4) is 0 Å². The van der Waals surface area contributed by atoms with E-state index in [0.717, 1.165) is 11.3 Å². The van der Waals surface area contributed by atoms with E-state index >= 15 is 0 Å². The third kappa shape index (κ3) is 3.38. The minimum Gasteiger partial charge on any atom is -0.493 e. The maximum atomic E-state index is 13.2. The van der Waals surface area contributed by atoms with Crippen molar-refractivity contribution < 1.29 is 13.9 Å². The Balaban J connectivity index is 1.69. The summed E-state index contributed by atoms with van der Waals surface area (Å²) in [6.45, 7) is 0.793. The van der Waals surface area contributed by atoms with E-state index in [1.807, 2.05) is 23.1 Å². The predicted octanol–water partition coefficient (Wildman–Crippen LogP) is 1.95. The summed E-state index contributed by atoms with van der Waals surface area (Å²) in [6, 6.07) is 11.7. The highest BCUT2D eigenvalue weighted by atomic mass is 32.1. The molecule has 2 aromatic carbocycles. The maximum absolute atomic E-state index is 13.2. The van der Waals surface area contributed by atoms with Crippen LogP contribution in [0.15, 0.2) is 52.3 Å². The van der Waals surface area contributed by atoms with Gasteiger partial charge in [0.2, 0.25) is 0 Å². The average molecular weight is 399 g/mol. The SMILES string of the molecule is COc1ccc(C=c2sc3n(c2=O)CN(c2ccc(F)cc2)CN=3)cc1OC. The zero-order chi connectivity index (χ0) is 19.7. The number of ether oxygens (including phenoxy) is 2. The Bertz CT molecular complexity index is 1180. The minimum atomic E-state index is -0.294. The van der Waals surface area contributed by atoms with E-state index in [9.17, 15) is 9.18 Å². The molecule has 8 heteroatoms. The van der Waals surface area contributed by atoms with E-state index in [2.05, 4.69) is 4.99 Å². The van der Waals surface area contributed by atoms with Crippen molar-refractivity contribution in [3.05, 3.63) is 73.5 Å². The number of thiazole rings is 1. The Kier molecular flexibility index (Phi) is 4.87. The van der Waals surface area contributed by atoms with Crippen molar-refractivity contribution in [1.29, 1.82) is 0 Å². The number of hydrogen-bond acceptors (Lipinski definition) is 6. The van der Waals surface area contributed by atoms with Crippen molar-refractivity contribution in [3.8, 4) is 11.5 Å². The molecule has 0 saturated heterocycles. The van der Waals surface area contributed by atoms with Gasteiger partial charge in [-0.05, 0) is 48.0 Å². The summed E-state index contributed by atoms with van der Waals surface area (Å²) in [5.41, 5.74) is 1.55. The fourth-order valence-corrected chi connectivity index (χ4v) is 3.98. The lowest BCUT2D eigenvalue weighted by Gasteiger charge is -2.25. The smallest absolute Gasteiger partial charge is 0.271 e. The topological polar surface area (TPSA) is 56.1 Å². The molecule has 0 N–H and O–H groups in total. The van der Waals surface area contributed by atoms with Gasteiger partial charge in [0.25, 0.3) is 5.56 Å². The fraction of sp³-hybridized carbons (Fsp3) is 0.200. The molecule has 0 amide bonds. The van der Waals surface area contributed by atoms with E-state index in [1.165, 1.54) is 23.5 Å². The molecule has 1 aliphatic heterocycles. The Labute approximate surface area is 164 Å². The van der Waals surface area contributed by atoms with Crippen LogP contribution in [0.25, 0.3) is 6.08 Å². The van der Waals surface area contributed by atoms with Gasteiger partial charge in [-0.3, -0.25) is 9.36 Å². The summed E-state index contributed by atoms with van der Waals surface area (Å²) in [5, 5.41) is 0. The fourth-order valence-electron chi connectivity index (χ4n) is 3.02. The molecule has 0 radical (unpaired) electrons. The third-order valence-corrected chi connectivity index (χ3v) is 5.52. The number of benzene rings is 2. The molecule has 0 atom stereocenters. The first-order chi connectivity index (χ1) is 13.6. The summed E-state index contributed by atoms with van der Waals surface area (Å²) in [5.74, 6) is 0.939. The van der Waals surface area contributed by atoms with Crippen LogP contribution >= 0.6 is 11.3 Å². The highest BCUT2D eigenvalue weighted by Gasteiger charge is 2.16. The van der Waals surface area contributed by atoms with E-state index in [1.54, 1.807) is 37.0 Å². The van der Waals surface area contributed by atoms with Gasteiger partial charge in [0, 0.05) is 5.69 Å². The Morgan fingerprint density at radius 1 is 1.11 bits per heavy atom. The summed E-state index contributed by atoms with van der Waals surface area (Å²) in [6.07, 6.45) is 1.82. The predicted molar refractivity (Wildman–Crippen MR) is 106 cm³/mol. The molecule has 28 heavy (non-hydrogen) atoms. The summed E-state index contributed by atoms with van der Waals surface area (Å²) in [7, 11) is 3.15. The van der Waals surface area contributed by atoms with Gasteiger partial charge in [0.05, 0.1) is 18.8 Å². The lowest BCUT2D eigenvalue weighted by atomic mass is 10.2. The first-order valence-electron chi connectivity index (χ1n) is 8.57. The molecule has 1 aromatic heterocycles. The van der Waals surface area contributed by atoms with Gasteiger partial charge >= 0.3 is 0 Å². The second-order valence-electron chi connectivity index (χ2n) is 6.20. The van der Waals surface area contributed by atoms with Crippen molar-refractivity contribution in [2.45, 2.75) is 6.67 Å². The van der Waals surface area contributed by atoms with Crippen LogP contribution in [-0.2, 0) is 6.67 Å². The zero-order valence-corrected chi connectivity index (χ0v) is 16.2. The lowest BCUT2D eigenvalue weighted by Crippen LogP contribution is -2.42. The van der Waals surface area contributed by atoms with Crippen molar-refractivity contribution in [1.82, 2.24) is 4.57 Å². The Morgan fingerprint density at radius 3 is 2.57 bits per heavy atom. The first-order valence-corrected chi connectivity index (χ1v) is 9.39. The zero-order valence-electron chi connectivity index (χ0n) is 15.4. The monoisotopic (exact) mass is 399 g/mol. The molecule has 0 fully saturated rings. The average Bonchev–Trinajstić information content (AvgIpc) is 3.03. The first kappa shape index (κ1) is 18.2. The molecule has 0 unspecified atom stereocenters. The number of anilines is 1. The highest BCUT2D eigenvalue weighted by Crippen LogP contribution is 2.27. The lowest BCUT2D eigenvalue weighted by molar-refractivity contribution is 0.355. The Morgan fingerprint density at radius 2 is 1.86 bits per heavy atom. The van der Waals surface area contributed by atoms with Gasteiger partial charge in [-0.2, -0.15) is 0 Å². The van der Waals surface area contributed by atoms with Crippen LogP contribution in [-0.4, -0.2) is 25.5 Å². The second-order valence-corrected chi connectivity index (χ2v) is 7.21. The van der Waals surface area contributed by atoms with Crippen LogP contribution in [0.1, 0.15) is 5.56 Å². The molecule has 4 rings (SSSR count). The number of nitrogens with zero attached hydrogens (tertiary/aromatic N) is 3. The molecule has 0 spiro atoms. The quantitative estimate of drug-likeness (QED) is 0.673. The standard InChI is InChI=1S/C20H18FN3O3S/c1-26-16-8-3-13(9-17(16)27-2)10-18-19(25)24-12-23(11-22-20(24)28-18)15-6-4-14(21)5-7-15/h3-10H,11-12H2,1-2H3. The van der Waals surface area contributed by atoms with Gasteiger partial charge < -0.3 is 14.4 Å². The summed E-state index contributed by atoms with van der Waals surface area (Å²) < 4.78 is 25.9. The van der Waals surface area contributed by atoms with Crippen LogP contribution < -0.4 is 29.3 Å². The molecule has 1 aliphatic rings. The van der Waals surface area contributed by atoms with Crippen molar-refractivity contribution in [2.75, 3.05) is 25.8 Å². The van der Waals surface area contributed by atoms with E-state index in [4.69, 9.17) is 9.47 Å². The van der Waals surface area contributed by atoms with Crippen LogP contribution in [0.2, 0.25) is 0 Å². The van der Waals surface area contributed by atoms with Gasteiger partial charge in [0.1, 0.15) is 19.2 Å². The molecular formula is C20H18FN3O3S. The second kappa shape index (κ2) is 7.47. The number of fused-ring (bicyclic) bond motifs is 1. The largest absolute Gasteiger partial charge is 0.493 e. The number of hydrogen-bond donors (Lipinski definition) is 0. The third-order valence-electron chi connectivity index (χ3n) is 4.47. The number of rotatable bonds is 4. The van der Waals surface area contributed by atoms with Crippen LogP contribution in [0.4, 0.5) is 10.1 Å². The van der Waals surface area contributed by atoms with E-state index in [0.29, 0.717) is 34.2 Å². The molecule has 0 saturated carbocycles. The molecule has 6 nitrogen and oxygen atoms in total. The molecule has 144 valence electrons. The van der Waals surface area contributed by atoms with Crippen molar-refractivity contribution in [2.24, 2.45) is 4.99 Å². The van der Waals surface area contributed by atoms with Crippen molar-refractivity contribution >= 4 is 23.1 Å². The Hall–Kier alpha value is -3.13. The molecule has 0 aliphatic carbocycles. The molecule has 3 aromatic rings. The van der Waals surface area contributed by atoms with Crippen LogP contribution in [0.5, 0.6) is 11.5 Å². The highest BCUT2D eigenvalue weighted by molar-refractivity contribution is 7.07. The minimum absolute atomic E-state index is 0.106. The summed E-state index contributed by atoms with van der Waals surface area (Å²) in [4.78, 5) is 20.0. The van der Waals surface area contributed by atoms with E-state index < -0.39 is 0 Å². The summed E-state index contributed by atoms with van der Waals surface area (Å²) >= 11 is 1.35. The normalized spacial score (nSPS) is 13.8. The molecule has 0 bridgehead atoms. The maximum Gasteiger partial charge on any atom is 0.271 e. The number of aromatic nitrogens is 1. The van der Waals surface area contributed by atoms with Crippen molar-refractivity contribution in [3.63, 3.8) is 0 Å². The van der Waals surface area contributed by atoms with Gasteiger partial charge in [-0.25, -0.2) is 9.38 Å². The molecule has 2 heterocycles. The number of methoxy groups -OCH3 is 2. The van der Waals surface area contributed by atoms with Gasteiger partial charge in [0.15, 0.2) is 16.3 Å². The van der Waals surface area contributed by atoms with Gasteiger partial charge in [-0.1, -0.05) is 17.4 Å². The van der Waals surface area contributed by atoms with Crippen LogP contribution in [0, 0.1) is 5.82 Å². The molecular weight excluding hydrogens is 381 g/mol.